The summed E-state index contributed by atoms with van der Waals surface area (Å²) >= 11 is 0. The highest BCUT2D eigenvalue weighted by Crippen LogP contribution is 2.30. The molecule has 0 bridgehead atoms. The highest BCUT2D eigenvalue weighted by atomic mass is 32.2. The number of hydrogen-bond acceptors (Lipinski definition) is 9. The Morgan fingerprint density at radius 2 is 1.50 bits per heavy atom. The van der Waals surface area contributed by atoms with Crippen molar-refractivity contribution in [3.63, 3.8) is 0 Å². The Balaban J connectivity index is 2.60. The first-order valence-corrected chi connectivity index (χ1v) is 8.89. The van der Waals surface area contributed by atoms with Gasteiger partial charge in [0.25, 0.3) is 20.2 Å². The van der Waals surface area contributed by atoms with Gasteiger partial charge in [-0.15, -0.1) is 10.2 Å². The van der Waals surface area contributed by atoms with Crippen LogP contribution < -0.4 is 11.5 Å². The van der Waals surface area contributed by atoms with Gasteiger partial charge in [-0.3, -0.25) is 9.11 Å². The van der Waals surface area contributed by atoms with Crippen LogP contribution in [0.15, 0.2) is 50.4 Å². The van der Waals surface area contributed by atoms with E-state index in [0.29, 0.717) is 0 Å². The lowest BCUT2D eigenvalue weighted by atomic mass is 10.3. The third-order valence-electron chi connectivity index (χ3n) is 2.70. The first kappa shape index (κ1) is 17.7. The predicted molar refractivity (Wildman–Crippen MR) is 83.3 cm³/mol. The van der Waals surface area contributed by atoms with Crippen molar-refractivity contribution >= 4 is 43.2 Å². The first-order valence-electron chi connectivity index (χ1n) is 6.01. The smallest absolute Gasteiger partial charge is 0.296 e. The van der Waals surface area contributed by atoms with E-state index in [1.807, 2.05) is 0 Å². The first-order chi connectivity index (χ1) is 11.0. The van der Waals surface area contributed by atoms with Crippen molar-refractivity contribution in [3.05, 3.63) is 30.3 Å². The molecule has 0 radical (unpaired) electrons. The number of hydrogen-bond donors (Lipinski definition) is 4. The Hall–Kier alpha value is -2.61. The molecule has 0 aliphatic heterocycles. The van der Waals surface area contributed by atoms with E-state index in [1.165, 1.54) is 12.1 Å². The van der Waals surface area contributed by atoms with Gasteiger partial charge in [0, 0.05) is 0 Å². The van der Waals surface area contributed by atoms with Gasteiger partial charge in [-0.1, -0.05) is 0 Å². The lowest BCUT2D eigenvalue weighted by molar-refractivity contribution is 0.478. The summed E-state index contributed by atoms with van der Waals surface area (Å²) in [6.45, 7) is 0. The van der Waals surface area contributed by atoms with Crippen molar-refractivity contribution in [1.29, 1.82) is 0 Å². The number of azo groups is 1. The topological polar surface area (TPSA) is 198 Å². The zero-order valence-corrected chi connectivity index (χ0v) is 13.4. The number of pyridine rings is 1. The molecular formula is C11H11N5O6S2. The van der Waals surface area contributed by atoms with Gasteiger partial charge < -0.3 is 11.5 Å². The van der Waals surface area contributed by atoms with E-state index in [0.717, 1.165) is 18.2 Å². The van der Waals surface area contributed by atoms with Crippen LogP contribution >= 0.6 is 0 Å². The third kappa shape index (κ3) is 4.02. The van der Waals surface area contributed by atoms with Gasteiger partial charge in [0.05, 0.1) is 4.90 Å². The van der Waals surface area contributed by atoms with Crippen LogP contribution in [0.2, 0.25) is 0 Å². The molecule has 0 fully saturated rings. The van der Waals surface area contributed by atoms with Crippen LogP contribution in [-0.2, 0) is 20.2 Å². The molecular weight excluding hydrogens is 362 g/mol. The van der Waals surface area contributed by atoms with Crippen LogP contribution in [-0.4, -0.2) is 30.9 Å². The number of anilines is 2. The minimum Gasteiger partial charge on any atom is -0.384 e. The SMILES string of the molecule is Nc1ccc(N=Nc2cc(S(=O)(=O)O)ccc2S(=O)(=O)O)c(N)n1. The van der Waals surface area contributed by atoms with Crippen LogP contribution in [0.4, 0.5) is 23.0 Å². The molecule has 1 aromatic carbocycles. The Morgan fingerprint density at radius 3 is 2.04 bits per heavy atom. The van der Waals surface area contributed by atoms with Gasteiger partial charge in [0.15, 0.2) is 5.82 Å². The van der Waals surface area contributed by atoms with Crippen molar-refractivity contribution in [2.45, 2.75) is 9.79 Å². The van der Waals surface area contributed by atoms with E-state index in [4.69, 9.17) is 20.6 Å². The Kier molecular flexibility index (Phi) is 4.52. The number of nitrogens with zero attached hydrogens (tertiary/aromatic N) is 3. The molecule has 11 nitrogen and oxygen atoms in total. The summed E-state index contributed by atoms with van der Waals surface area (Å²) in [4.78, 5) is 2.37. The monoisotopic (exact) mass is 373 g/mol. The van der Waals surface area contributed by atoms with Crippen molar-refractivity contribution in [2.75, 3.05) is 11.5 Å². The number of rotatable bonds is 4. The number of aromatic nitrogens is 1. The molecule has 24 heavy (non-hydrogen) atoms. The summed E-state index contributed by atoms with van der Waals surface area (Å²) in [7, 11) is -9.33. The molecule has 0 saturated carbocycles. The van der Waals surface area contributed by atoms with E-state index in [9.17, 15) is 16.8 Å². The number of benzene rings is 1. The summed E-state index contributed by atoms with van der Waals surface area (Å²) in [5, 5.41) is 7.20. The van der Waals surface area contributed by atoms with Crippen LogP contribution in [0.3, 0.4) is 0 Å². The molecule has 2 aromatic rings. The number of nitrogen functional groups attached to an aromatic ring is 2. The van der Waals surface area contributed by atoms with Gasteiger partial charge in [-0.2, -0.15) is 16.8 Å². The summed E-state index contributed by atoms with van der Waals surface area (Å²) in [5.41, 5.74) is 10.5. The normalized spacial score (nSPS) is 12.6. The summed E-state index contributed by atoms with van der Waals surface area (Å²) < 4.78 is 63.1. The molecule has 2 rings (SSSR count). The van der Waals surface area contributed by atoms with Crippen LogP contribution in [0, 0.1) is 0 Å². The highest BCUT2D eigenvalue weighted by molar-refractivity contribution is 7.86. The molecule has 1 heterocycles. The van der Waals surface area contributed by atoms with Crippen molar-refractivity contribution in [2.24, 2.45) is 10.2 Å². The lowest BCUT2D eigenvalue weighted by Gasteiger charge is -2.04. The van der Waals surface area contributed by atoms with Gasteiger partial charge in [-0.05, 0) is 30.3 Å². The van der Waals surface area contributed by atoms with Gasteiger partial charge in [0.1, 0.15) is 22.1 Å². The summed E-state index contributed by atoms with van der Waals surface area (Å²) in [5.74, 6) is 0.0246. The lowest BCUT2D eigenvalue weighted by Crippen LogP contribution is -2.02. The Morgan fingerprint density at radius 1 is 0.875 bits per heavy atom. The van der Waals surface area contributed by atoms with Crippen molar-refractivity contribution in [3.8, 4) is 0 Å². The predicted octanol–water partition coefficient (Wildman–Crippen LogP) is 1.15. The van der Waals surface area contributed by atoms with E-state index in [1.54, 1.807) is 0 Å². The van der Waals surface area contributed by atoms with E-state index in [-0.39, 0.29) is 17.3 Å². The summed E-state index contributed by atoms with van der Waals surface area (Å²) in [6.07, 6.45) is 0. The average Bonchev–Trinajstić information content (AvgIpc) is 2.44. The zero-order chi connectivity index (χ0) is 18.1. The standard InChI is InChI=1S/C11H11N5O6S2/c12-10-4-2-7(11(13)14-10)15-16-8-5-6(23(17,18)19)1-3-9(8)24(20,21)22/h1-5H,(H4,12,13,14)(H,17,18,19)(H,20,21,22). The zero-order valence-electron chi connectivity index (χ0n) is 11.7. The van der Waals surface area contributed by atoms with Gasteiger partial charge >= 0.3 is 0 Å². The van der Waals surface area contributed by atoms with Crippen LogP contribution in [0.25, 0.3) is 0 Å². The fourth-order valence-corrected chi connectivity index (χ4v) is 2.73. The maximum atomic E-state index is 11.3. The number of nitrogens with two attached hydrogens (primary N) is 2. The molecule has 0 aliphatic carbocycles. The van der Waals surface area contributed by atoms with Gasteiger partial charge in [0.2, 0.25) is 0 Å². The molecule has 13 heteroatoms. The molecule has 1 aromatic heterocycles. The van der Waals surface area contributed by atoms with Crippen molar-refractivity contribution < 1.29 is 25.9 Å². The fourth-order valence-electron chi connectivity index (χ4n) is 1.63. The average molecular weight is 373 g/mol. The van der Waals surface area contributed by atoms with Crippen molar-refractivity contribution in [1.82, 2.24) is 4.98 Å². The van der Waals surface area contributed by atoms with E-state index >= 15 is 0 Å². The Labute approximate surface area is 136 Å². The molecule has 0 aliphatic rings. The minimum absolute atomic E-state index is 0.0303. The minimum atomic E-state index is -4.71. The maximum absolute atomic E-state index is 11.3. The summed E-state index contributed by atoms with van der Waals surface area (Å²) in [6, 6.07) is 4.99. The molecule has 128 valence electrons. The van der Waals surface area contributed by atoms with Gasteiger partial charge in [-0.25, -0.2) is 4.98 Å². The highest BCUT2D eigenvalue weighted by Gasteiger charge is 2.19. The second kappa shape index (κ2) is 6.12. The largest absolute Gasteiger partial charge is 0.384 e. The van der Waals surface area contributed by atoms with E-state index < -0.39 is 35.7 Å². The second-order valence-corrected chi connectivity index (χ2v) is 7.23. The fraction of sp³-hybridized carbons (Fsp3) is 0. The second-order valence-electron chi connectivity index (χ2n) is 4.42. The quantitative estimate of drug-likeness (QED) is 0.448. The Bertz CT molecular complexity index is 1030. The molecule has 0 saturated heterocycles. The molecule has 6 N–H and O–H groups in total. The van der Waals surface area contributed by atoms with Crippen LogP contribution in [0.1, 0.15) is 0 Å². The molecule has 0 spiro atoms. The molecule has 0 unspecified atom stereocenters. The molecule has 0 atom stereocenters. The van der Waals surface area contributed by atoms with Crippen LogP contribution in [0.5, 0.6) is 0 Å². The third-order valence-corrected chi connectivity index (χ3v) is 4.45. The van der Waals surface area contributed by atoms with E-state index in [2.05, 4.69) is 15.2 Å². The maximum Gasteiger partial charge on any atom is 0.296 e. The molecule has 0 amide bonds.